The van der Waals surface area contributed by atoms with Gasteiger partial charge < -0.3 is 25.7 Å². The third-order valence-corrected chi connectivity index (χ3v) is 7.10. The molecule has 3 atom stereocenters. The molecule has 0 amide bonds. The molecule has 1 saturated heterocycles. The van der Waals surface area contributed by atoms with Crippen molar-refractivity contribution in [2.75, 3.05) is 30.4 Å². The zero-order valence-corrected chi connectivity index (χ0v) is 18.7. The van der Waals surface area contributed by atoms with E-state index in [9.17, 15) is 4.39 Å². The predicted octanol–water partition coefficient (Wildman–Crippen LogP) is 3.36. The van der Waals surface area contributed by atoms with Crippen molar-refractivity contribution in [2.45, 2.75) is 26.3 Å². The molecule has 4 heterocycles. The molecule has 1 saturated carbocycles. The highest BCUT2D eigenvalue weighted by molar-refractivity contribution is 6.14. The van der Waals surface area contributed by atoms with Crippen LogP contribution in [0.4, 0.5) is 15.9 Å². The van der Waals surface area contributed by atoms with Crippen molar-refractivity contribution in [3.8, 4) is 11.8 Å². The summed E-state index contributed by atoms with van der Waals surface area (Å²) in [7, 11) is 1.76. The molecule has 33 heavy (non-hydrogen) atoms. The standard InChI is InChI=1S/C23H25FN8O/c1-11-27-7-13(8-28-11)33-22-30-20-18(14-4-12(24)5-17(26-3)19(14)29-20)21(31-22)32-9-15-16(25)6-23(15,2)10-32/h4-5,7-8,15-16,26H,6,9-10,25H2,1-3H3,(H,29,30,31)/t15?,16-,23-/m1/s1. The topological polar surface area (TPSA) is 118 Å². The molecular weight excluding hydrogens is 423 g/mol. The number of benzene rings is 1. The Morgan fingerprint density at radius 1 is 1.27 bits per heavy atom. The Morgan fingerprint density at radius 3 is 2.76 bits per heavy atom. The van der Waals surface area contributed by atoms with Crippen LogP contribution in [-0.4, -0.2) is 51.1 Å². The average Bonchev–Trinajstić information content (AvgIpc) is 3.28. The molecule has 9 nitrogen and oxygen atoms in total. The third-order valence-electron chi connectivity index (χ3n) is 7.10. The van der Waals surface area contributed by atoms with Gasteiger partial charge in [0.05, 0.1) is 29.0 Å². The zero-order chi connectivity index (χ0) is 22.9. The van der Waals surface area contributed by atoms with Crippen LogP contribution >= 0.6 is 0 Å². The normalized spacial score (nSPS) is 24.2. The highest BCUT2D eigenvalue weighted by Crippen LogP contribution is 2.52. The number of aromatic nitrogens is 5. The first-order chi connectivity index (χ1) is 15.8. The van der Waals surface area contributed by atoms with Crippen LogP contribution in [-0.2, 0) is 0 Å². The van der Waals surface area contributed by atoms with Crippen LogP contribution in [0.3, 0.4) is 0 Å². The van der Waals surface area contributed by atoms with E-state index in [1.54, 1.807) is 26.4 Å². The summed E-state index contributed by atoms with van der Waals surface area (Å²) in [6.45, 7) is 5.69. The molecule has 1 unspecified atom stereocenters. The van der Waals surface area contributed by atoms with Gasteiger partial charge in [-0.25, -0.2) is 14.4 Å². The van der Waals surface area contributed by atoms with Crippen LogP contribution in [0.25, 0.3) is 21.9 Å². The fourth-order valence-electron chi connectivity index (χ4n) is 5.46. The minimum atomic E-state index is -0.327. The number of aryl methyl sites for hydroxylation is 1. The second kappa shape index (κ2) is 6.98. The van der Waals surface area contributed by atoms with E-state index >= 15 is 0 Å². The maximum Gasteiger partial charge on any atom is 0.326 e. The number of nitrogens with two attached hydrogens (primary N) is 1. The summed E-state index contributed by atoms with van der Waals surface area (Å²) in [5, 5.41) is 4.55. The number of rotatable bonds is 4. The van der Waals surface area contributed by atoms with Gasteiger partial charge in [0.25, 0.3) is 0 Å². The van der Waals surface area contributed by atoms with Gasteiger partial charge in [-0.15, -0.1) is 0 Å². The van der Waals surface area contributed by atoms with Crippen LogP contribution < -0.4 is 20.7 Å². The summed E-state index contributed by atoms with van der Waals surface area (Å²) < 4.78 is 20.4. The Balaban J connectivity index is 1.54. The van der Waals surface area contributed by atoms with Crippen molar-refractivity contribution < 1.29 is 9.13 Å². The first-order valence-electron chi connectivity index (χ1n) is 11.0. The zero-order valence-electron chi connectivity index (χ0n) is 18.7. The Hall–Kier alpha value is -3.53. The molecule has 6 rings (SSSR count). The molecule has 4 aromatic rings. The fraction of sp³-hybridized carbons (Fsp3) is 0.391. The van der Waals surface area contributed by atoms with Crippen molar-refractivity contribution in [1.29, 1.82) is 0 Å². The Bertz CT molecular complexity index is 1390. The maximum atomic E-state index is 14.5. The number of anilines is 2. The summed E-state index contributed by atoms with van der Waals surface area (Å²) >= 11 is 0. The molecule has 10 heteroatoms. The van der Waals surface area contributed by atoms with E-state index in [-0.39, 0.29) is 23.3 Å². The van der Waals surface area contributed by atoms with Gasteiger partial charge in [0.2, 0.25) is 0 Å². The second-order valence-corrected chi connectivity index (χ2v) is 9.38. The first kappa shape index (κ1) is 20.1. The number of ether oxygens (including phenoxy) is 1. The van der Waals surface area contributed by atoms with Gasteiger partial charge in [-0.2, -0.15) is 9.97 Å². The molecule has 1 aliphatic carbocycles. The van der Waals surface area contributed by atoms with Crippen molar-refractivity contribution in [2.24, 2.45) is 17.1 Å². The average molecular weight is 449 g/mol. The summed E-state index contributed by atoms with van der Waals surface area (Å²) in [5.74, 6) is 1.87. The summed E-state index contributed by atoms with van der Waals surface area (Å²) in [4.78, 5) is 23.3. The number of nitrogens with one attached hydrogen (secondary N) is 2. The van der Waals surface area contributed by atoms with E-state index in [1.807, 2.05) is 0 Å². The SMILES string of the molecule is CNc1cc(F)cc2c1[nH]c1nc(Oc3cnc(C)nc3)nc(N3CC4[C@H](N)C[C@]4(C)C3)c12. The van der Waals surface area contributed by atoms with Crippen LogP contribution in [0.5, 0.6) is 11.8 Å². The Labute approximate surface area is 189 Å². The van der Waals surface area contributed by atoms with E-state index < -0.39 is 0 Å². The van der Waals surface area contributed by atoms with Crippen LogP contribution in [0.2, 0.25) is 0 Å². The lowest BCUT2D eigenvalue weighted by molar-refractivity contribution is 0.0771. The van der Waals surface area contributed by atoms with Gasteiger partial charge >= 0.3 is 6.01 Å². The van der Waals surface area contributed by atoms with Gasteiger partial charge in [-0.1, -0.05) is 6.92 Å². The van der Waals surface area contributed by atoms with E-state index in [0.29, 0.717) is 34.6 Å². The molecule has 0 spiro atoms. The minimum absolute atomic E-state index is 0.149. The number of hydrogen-bond acceptors (Lipinski definition) is 8. The summed E-state index contributed by atoms with van der Waals surface area (Å²) in [5.41, 5.74) is 8.46. The predicted molar refractivity (Wildman–Crippen MR) is 124 cm³/mol. The summed E-state index contributed by atoms with van der Waals surface area (Å²) in [6, 6.07) is 3.35. The third kappa shape index (κ3) is 3.08. The van der Waals surface area contributed by atoms with Crippen molar-refractivity contribution >= 4 is 33.4 Å². The molecule has 0 radical (unpaired) electrons. The number of hydrogen-bond donors (Lipinski definition) is 3. The number of nitrogens with zero attached hydrogens (tertiary/aromatic N) is 5. The number of halogens is 1. The van der Waals surface area contributed by atoms with E-state index in [4.69, 9.17) is 15.5 Å². The second-order valence-electron chi connectivity index (χ2n) is 9.38. The van der Waals surface area contributed by atoms with Gasteiger partial charge in [-0.05, 0) is 36.8 Å². The lowest BCUT2D eigenvalue weighted by Gasteiger charge is -2.46. The van der Waals surface area contributed by atoms with Crippen LogP contribution in [0.15, 0.2) is 24.5 Å². The van der Waals surface area contributed by atoms with Crippen molar-refractivity contribution in [1.82, 2.24) is 24.9 Å². The molecule has 1 aromatic carbocycles. The van der Waals surface area contributed by atoms with Gasteiger partial charge in [0.1, 0.15) is 23.1 Å². The lowest BCUT2D eigenvalue weighted by atomic mass is 9.60. The molecule has 3 aromatic heterocycles. The van der Waals surface area contributed by atoms with Crippen molar-refractivity contribution in [3.63, 3.8) is 0 Å². The van der Waals surface area contributed by atoms with Crippen molar-refractivity contribution in [3.05, 3.63) is 36.2 Å². The maximum absolute atomic E-state index is 14.5. The first-order valence-corrected chi connectivity index (χ1v) is 11.0. The highest BCUT2D eigenvalue weighted by atomic mass is 19.1. The fourth-order valence-corrected chi connectivity index (χ4v) is 5.46. The molecule has 2 aliphatic rings. The molecule has 1 aliphatic heterocycles. The number of fused-ring (bicyclic) bond motifs is 4. The van der Waals surface area contributed by atoms with E-state index in [1.165, 1.54) is 12.1 Å². The molecule has 2 fully saturated rings. The van der Waals surface area contributed by atoms with E-state index in [0.717, 1.165) is 35.8 Å². The molecule has 4 N–H and O–H groups in total. The Kier molecular flexibility index (Phi) is 4.25. The summed E-state index contributed by atoms with van der Waals surface area (Å²) in [6.07, 6.45) is 4.16. The Morgan fingerprint density at radius 2 is 2.06 bits per heavy atom. The highest BCUT2D eigenvalue weighted by Gasteiger charge is 2.55. The molecule has 0 bridgehead atoms. The quantitative estimate of drug-likeness (QED) is 0.435. The van der Waals surface area contributed by atoms with Gasteiger partial charge in [-0.3, -0.25) is 0 Å². The minimum Gasteiger partial charge on any atom is -0.421 e. The number of aromatic amines is 1. The largest absolute Gasteiger partial charge is 0.421 e. The van der Waals surface area contributed by atoms with Gasteiger partial charge in [0, 0.05) is 31.6 Å². The van der Waals surface area contributed by atoms with Crippen LogP contribution in [0, 0.1) is 24.1 Å². The lowest BCUT2D eigenvalue weighted by Crippen LogP contribution is -2.53. The van der Waals surface area contributed by atoms with E-state index in [2.05, 4.69) is 37.1 Å². The van der Waals surface area contributed by atoms with Crippen LogP contribution in [0.1, 0.15) is 19.2 Å². The smallest absolute Gasteiger partial charge is 0.326 e. The monoisotopic (exact) mass is 448 g/mol. The van der Waals surface area contributed by atoms with Gasteiger partial charge in [0.15, 0.2) is 5.75 Å². The molecule has 170 valence electrons. The molecular formula is C23H25FN8O. The number of H-pyrrole nitrogens is 1.